The average Bonchev–Trinajstić information content (AvgIpc) is 2.51. The van der Waals surface area contributed by atoms with Crippen LogP contribution >= 0.6 is 0 Å². The second-order valence-corrected chi connectivity index (χ2v) is 4.57. The molecule has 0 fully saturated rings. The maximum Gasteiger partial charge on any atom is 0.343 e. The van der Waals surface area contributed by atoms with Crippen LogP contribution in [0.4, 0.5) is 0 Å². The molecule has 1 aromatic rings. The van der Waals surface area contributed by atoms with Crippen LogP contribution in [0.2, 0.25) is 0 Å². The molecule has 0 heterocycles. The molecule has 1 atom stereocenters. The third-order valence-corrected chi connectivity index (χ3v) is 3.10. The van der Waals surface area contributed by atoms with E-state index in [2.05, 4.69) is 4.74 Å². The summed E-state index contributed by atoms with van der Waals surface area (Å²) in [6, 6.07) is 3.75. The van der Waals surface area contributed by atoms with Crippen molar-refractivity contribution in [1.29, 1.82) is 0 Å². The molecule has 1 aromatic carbocycles. The molecule has 6 nitrogen and oxygen atoms in total. The lowest BCUT2D eigenvalue weighted by Gasteiger charge is -2.17. The highest BCUT2D eigenvalue weighted by molar-refractivity contribution is 5.71. The third-order valence-electron chi connectivity index (χ3n) is 3.10. The summed E-state index contributed by atoms with van der Waals surface area (Å²) in [4.78, 5) is 11.2. The standard InChI is InChI=1S/C15H23NO5/c1-5-11(16)6-10-7-12(18-2)15(13(8-10)19-3)21-9-14(17)20-4/h7-8,11H,5-6,9,16H2,1-4H3. The number of hydrogen-bond acceptors (Lipinski definition) is 6. The van der Waals surface area contributed by atoms with Gasteiger partial charge in [0.2, 0.25) is 5.75 Å². The van der Waals surface area contributed by atoms with E-state index in [0.29, 0.717) is 23.7 Å². The molecule has 0 saturated heterocycles. The fourth-order valence-corrected chi connectivity index (χ4v) is 1.83. The fraction of sp³-hybridized carbons (Fsp3) is 0.533. The Labute approximate surface area is 125 Å². The number of nitrogens with two attached hydrogens (primary N) is 1. The van der Waals surface area contributed by atoms with Crippen LogP contribution in [0.1, 0.15) is 18.9 Å². The number of carbonyl (C=O) groups excluding carboxylic acids is 1. The lowest BCUT2D eigenvalue weighted by molar-refractivity contribution is -0.142. The number of ether oxygens (including phenoxy) is 4. The Bertz CT molecular complexity index is 450. The van der Waals surface area contributed by atoms with Gasteiger partial charge in [-0.15, -0.1) is 0 Å². The van der Waals surface area contributed by atoms with E-state index in [9.17, 15) is 4.79 Å². The number of hydrogen-bond donors (Lipinski definition) is 1. The van der Waals surface area contributed by atoms with Crippen LogP contribution in [0.25, 0.3) is 0 Å². The Morgan fingerprint density at radius 2 is 1.76 bits per heavy atom. The number of benzene rings is 1. The maximum atomic E-state index is 11.2. The minimum atomic E-state index is -0.476. The zero-order chi connectivity index (χ0) is 15.8. The van der Waals surface area contributed by atoms with Crippen LogP contribution < -0.4 is 19.9 Å². The molecular formula is C15H23NO5. The minimum Gasteiger partial charge on any atom is -0.493 e. The van der Waals surface area contributed by atoms with E-state index in [1.807, 2.05) is 19.1 Å². The van der Waals surface area contributed by atoms with E-state index in [0.717, 1.165) is 12.0 Å². The molecule has 0 amide bonds. The molecule has 0 aromatic heterocycles. The van der Waals surface area contributed by atoms with Crippen molar-refractivity contribution in [2.75, 3.05) is 27.9 Å². The molecule has 0 saturated carbocycles. The summed E-state index contributed by atoms with van der Waals surface area (Å²) in [5.41, 5.74) is 6.96. The lowest BCUT2D eigenvalue weighted by atomic mass is 10.0. The van der Waals surface area contributed by atoms with Crippen LogP contribution in [0.3, 0.4) is 0 Å². The molecule has 0 aliphatic rings. The van der Waals surface area contributed by atoms with E-state index in [1.165, 1.54) is 21.3 Å². The average molecular weight is 297 g/mol. The van der Waals surface area contributed by atoms with Crippen molar-refractivity contribution in [1.82, 2.24) is 0 Å². The third kappa shape index (κ3) is 4.82. The Kier molecular flexibility index (Phi) is 6.81. The van der Waals surface area contributed by atoms with Crippen molar-refractivity contribution in [2.45, 2.75) is 25.8 Å². The highest BCUT2D eigenvalue weighted by Gasteiger charge is 2.16. The zero-order valence-corrected chi connectivity index (χ0v) is 13.0. The lowest BCUT2D eigenvalue weighted by Crippen LogP contribution is -2.21. The molecule has 0 aliphatic heterocycles. The van der Waals surface area contributed by atoms with Gasteiger partial charge in [-0.2, -0.15) is 0 Å². The van der Waals surface area contributed by atoms with E-state index < -0.39 is 5.97 Å². The summed E-state index contributed by atoms with van der Waals surface area (Å²) in [7, 11) is 4.36. The van der Waals surface area contributed by atoms with Gasteiger partial charge in [0.15, 0.2) is 18.1 Å². The zero-order valence-electron chi connectivity index (χ0n) is 13.0. The van der Waals surface area contributed by atoms with Crippen LogP contribution in [-0.4, -0.2) is 39.9 Å². The van der Waals surface area contributed by atoms with Crippen LogP contribution in [0, 0.1) is 0 Å². The van der Waals surface area contributed by atoms with Crippen molar-refractivity contribution in [3.8, 4) is 17.2 Å². The Morgan fingerprint density at radius 3 is 2.19 bits per heavy atom. The summed E-state index contributed by atoms with van der Waals surface area (Å²) in [6.07, 6.45) is 1.59. The van der Waals surface area contributed by atoms with Gasteiger partial charge in [0.05, 0.1) is 21.3 Å². The molecule has 0 bridgehead atoms. The smallest absolute Gasteiger partial charge is 0.343 e. The number of rotatable bonds is 8. The number of carbonyl (C=O) groups is 1. The molecule has 2 N–H and O–H groups in total. The predicted octanol–water partition coefficient (Wildman–Crippen LogP) is 1.54. The van der Waals surface area contributed by atoms with Crippen LogP contribution in [0.5, 0.6) is 17.2 Å². The first-order valence-corrected chi connectivity index (χ1v) is 6.75. The second-order valence-electron chi connectivity index (χ2n) is 4.57. The van der Waals surface area contributed by atoms with Crippen molar-refractivity contribution >= 4 is 5.97 Å². The second kappa shape index (κ2) is 8.36. The minimum absolute atomic E-state index is 0.0706. The van der Waals surface area contributed by atoms with E-state index in [4.69, 9.17) is 19.9 Å². The largest absolute Gasteiger partial charge is 0.493 e. The number of methoxy groups -OCH3 is 3. The molecule has 0 spiro atoms. The van der Waals surface area contributed by atoms with Gasteiger partial charge < -0.3 is 24.7 Å². The SMILES string of the molecule is CCC(N)Cc1cc(OC)c(OCC(=O)OC)c(OC)c1. The van der Waals surface area contributed by atoms with Gasteiger partial charge in [-0.1, -0.05) is 6.92 Å². The molecule has 0 radical (unpaired) electrons. The van der Waals surface area contributed by atoms with Crippen LogP contribution in [-0.2, 0) is 16.0 Å². The predicted molar refractivity (Wildman–Crippen MR) is 79.0 cm³/mol. The molecule has 6 heteroatoms. The topological polar surface area (TPSA) is 80.0 Å². The molecule has 1 unspecified atom stereocenters. The Hall–Kier alpha value is -1.95. The van der Waals surface area contributed by atoms with Gasteiger partial charge >= 0.3 is 5.97 Å². The van der Waals surface area contributed by atoms with Crippen molar-refractivity contribution in [3.63, 3.8) is 0 Å². The first-order valence-electron chi connectivity index (χ1n) is 6.75. The van der Waals surface area contributed by atoms with E-state index >= 15 is 0 Å². The summed E-state index contributed by atoms with van der Waals surface area (Å²) < 4.78 is 20.6. The molecular weight excluding hydrogens is 274 g/mol. The quantitative estimate of drug-likeness (QED) is 0.733. The summed E-state index contributed by atoms with van der Waals surface area (Å²) in [6.45, 7) is 1.82. The molecule has 21 heavy (non-hydrogen) atoms. The van der Waals surface area contributed by atoms with Gasteiger partial charge in [-0.05, 0) is 30.5 Å². The van der Waals surface area contributed by atoms with E-state index in [1.54, 1.807) is 0 Å². The van der Waals surface area contributed by atoms with Crippen molar-refractivity contribution in [2.24, 2.45) is 5.73 Å². The monoisotopic (exact) mass is 297 g/mol. The highest BCUT2D eigenvalue weighted by atomic mass is 16.6. The fourth-order valence-electron chi connectivity index (χ4n) is 1.83. The van der Waals surface area contributed by atoms with E-state index in [-0.39, 0.29) is 12.6 Å². The Balaban J connectivity index is 3.03. The molecule has 1 rings (SSSR count). The normalized spacial score (nSPS) is 11.7. The summed E-state index contributed by atoms with van der Waals surface area (Å²) >= 11 is 0. The Morgan fingerprint density at radius 1 is 1.19 bits per heavy atom. The van der Waals surface area contributed by atoms with Gasteiger partial charge in [-0.3, -0.25) is 0 Å². The van der Waals surface area contributed by atoms with Crippen molar-refractivity contribution < 1.29 is 23.7 Å². The van der Waals surface area contributed by atoms with Crippen LogP contribution in [0.15, 0.2) is 12.1 Å². The van der Waals surface area contributed by atoms with Gasteiger partial charge in [0, 0.05) is 6.04 Å². The van der Waals surface area contributed by atoms with Gasteiger partial charge in [0.1, 0.15) is 0 Å². The number of esters is 1. The molecule has 118 valence electrons. The summed E-state index contributed by atoms with van der Waals surface area (Å²) in [5, 5.41) is 0. The van der Waals surface area contributed by atoms with Gasteiger partial charge in [-0.25, -0.2) is 4.79 Å². The maximum absolute atomic E-state index is 11.2. The summed E-state index contributed by atoms with van der Waals surface area (Å²) in [5.74, 6) is 0.892. The first kappa shape index (κ1) is 17.1. The highest BCUT2D eigenvalue weighted by Crippen LogP contribution is 2.38. The van der Waals surface area contributed by atoms with Gasteiger partial charge in [0.25, 0.3) is 0 Å². The molecule has 0 aliphatic carbocycles. The van der Waals surface area contributed by atoms with Crippen molar-refractivity contribution in [3.05, 3.63) is 17.7 Å². The first-order chi connectivity index (χ1) is 10.0.